The average Bonchev–Trinajstić information content (AvgIpc) is 3.13. The molecule has 2 heterocycles. The fourth-order valence-electron chi connectivity index (χ4n) is 1.78. The average molecular weight is 370 g/mol. The molecule has 22 heavy (non-hydrogen) atoms. The Balaban J connectivity index is 1.65. The summed E-state index contributed by atoms with van der Waals surface area (Å²) in [5.41, 5.74) is 1.79. The highest BCUT2D eigenvalue weighted by Gasteiger charge is 2.11. The van der Waals surface area contributed by atoms with Crippen LogP contribution >= 0.6 is 45.9 Å². The minimum absolute atomic E-state index is 0.175. The Bertz CT molecular complexity index is 802. The zero-order valence-corrected chi connectivity index (χ0v) is 14.2. The number of hydrogen-bond donors (Lipinski definition) is 1. The third kappa shape index (κ3) is 3.64. The van der Waals surface area contributed by atoms with Crippen LogP contribution in [-0.4, -0.2) is 16.1 Å². The van der Waals surface area contributed by atoms with Gasteiger partial charge in [-0.25, -0.2) is 0 Å². The van der Waals surface area contributed by atoms with Crippen LogP contribution in [0.4, 0.5) is 5.13 Å². The van der Waals surface area contributed by atoms with Crippen LogP contribution in [0.2, 0.25) is 10.0 Å². The Labute approximate surface area is 144 Å². The second-order valence-corrected chi connectivity index (χ2v) is 6.97. The predicted molar refractivity (Wildman–Crippen MR) is 92.0 cm³/mol. The number of nitrogens with zero attached hydrogens (tertiary/aromatic N) is 2. The number of benzene rings is 1. The molecule has 3 rings (SSSR count). The molecule has 3 aromatic rings. The molecule has 112 valence electrons. The number of carbonyl (C=O) groups excluding carboxylic acids is 1. The lowest BCUT2D eigenvalue weighted by Gasteiger charge is -2.03. The van der Waals surface area contributed by atoms with Crippen molar-refractivity contribution in [2.75, 3.05) is 5.32 Å². The summed E-state index contributed by atoms with van der Waals surface area (Å²) in [4.78, 5) is 12.0. The maximum Gasteiger partial charge on any atom is 0.230 e. The lowest BCUT2D eigenvalue weighted by atomic mass is 10.1. The van der Waals surface area contributed by atoms with E-state index in [1.165, 1.54) is 11.3 Å². The summed E-state index contributed by atoms with van der Waals surface area (Å²) in [6.45, 7) is 0. The van der Waals surface area contributed by atoms with Gasteiger partial charge in [-0.2, -0.15) is 11.3 Å². The maximum absolute atomic E-state index is 12.0. The minimum atomic E-state index is -0.175. The molecule has 0 saturated carbocycles. The first-order valence-corrected chi connectivity index (χ1v) is 8.73. The lowest BCUT2D eigenvalue weighted by Crippen LogP contribution is -2.14. The fraction of sp³-hybridized carbons (Fsp3) is 0.0714. The molecule has 8 heteroatoms. The molecular weight excluding hydrogens is 361 g/mol. The zero-order chi connectivity index (χ0) is 15.5. The van der Waals surface area contributed by atoms with Crippen LogP contribution in [0, 0.1) is 0 Å². The van der Waals surface area contributed by atoms with E-state index in [9.17, 15) is 4.79 Å². The second kappa shape index (κ2) is 6.75. The Morgan fingerprint density at radius 2 is 2.05 bits per heavy atom. The highest BCUT2D eigenvalue weighted by atomic mass is 35.5. The summed E-state index contributed by atoms with van der Waals surface area (Å²) in [5.74, 6) is -0.175. The Morgan fingerprint density at radius 3 is 2.77 bits per heavy atom. The number of thiophene rings is 1. The topological polar surface area (TPSA) is 54.9 Å². The first-order valence-electron chi connectivity index (χ1n) is 6.21. The van der Waals surface area contributed by atoms with Crippen LogP contribution in [0.5, 0.6) is 0 Å². The van der Waals surface area contributed by atoms with Crippen LogP contribution in [0.1, 0.15) is 5.56 Å². The molecule has 2 aromatic heterocycles. The molecular formula is C14H9Cl2N3OS2. The van der Waals surface area contributed by atoms with Crippen LogP contribution in [-0.2, 0) is 11.2 Å². The minimum Gasteiger partial charge on any atom is -0.300 e. The third-order valence-corrected chi connectivity index (χ3v) is 5.10. The molecule has 0 atom stereocenters. The van der Waals surface area contributed by atoms with Crippen molar-refractivity contribution < 1.29 is 4.79 Å². The van der Waals surface area contributed by atoms with Gasteiger partial charge in [-0.05, 0) is 29.1 Å². The van der Waals surface area contributed by atoms with Crippen LogP contribution in [0.3, 0.4) is 0 Å². The number of anilines is 1. The molecule has 0 fully saturated rings. The molecule has 0 unspecified atom stereocenters. The zero-order valence-electron chi connectivity index (χ0n) is 11.0. The molecule has 1 aromatic carbocycles. The van der Waals surface area contributed by atoms with Gasteiger partial charge in [-0.1, -0.05) is 40.6 Å². The first-order chi connectivity index (χ1) is 10.6. The number of halogens is 2. The summed E-state index contributed by atoms with van der Waals surface area (Å²) in [5, 5.41) is 16.9. The molecule has 0 bridgehead atoms. The van der Waals surface area contributed by atoms with E-state index in [0.29, 0.717) is 15.2 Å². The van der Waals surface area contributed by atoms with Gasteiger partial charge in [0.15, 0.2) is 0 Å². The number of amides is 1. The van der Waals surface area contributed by atoms with E-state index >= 15 is 0 Å². The van der Waals surface area contributed by atoms with Crippen molar-refractivity contribution >= 4 is 56.9 Å². The largest absolute Gasteiger partial charge is 0.300 e. The van der Waals surface area contributed by atoms with E-state index < -0.39 is 0 Å². The third-order valence-electron chi connectivity index (χ3n) is 2.79. The summed E-state index contributed by atoms with van der Waals surface area (Å²) in [6, 6.07) is 7.09. The van der Waals surface area contributed by atoms with Gasteiger partial charge >= 0.3 is 0 Å². The molecule has 0 aliphatic carbocycles. The van der Waals surface area contributed by atoms with Gasteiger partial charge in [0.05, 0.1) is 16.5 Å². The van der Waals surface area contributed by atoms with E-state index in [0.717, 1.165) is 16.1 Å². The van der Waals surface area contributed by atoms with Gasteiger partial charge in [-0.15, -0.1) is 10.2 Å². The molecule has 0 aliphatic rings. The molecule has 0 aliphatic heterocycles. The summed E-state index contributed by atoms with van der Waals surface area (Å²) in [7, 11) is 0. The Morgan fingerprint density at radius 1 is 1.18 bits per heavy atom. The van der Waals surface area contributed by atoms with Gasteiger partial charge in [-0.3, -0.25) is 4.79 Å². The van der Waals surface area contributed by atoms with E-state index in [2.05, 4.69) is 15.5 Å². The molecule has 0 radical (unpaired) electrons. The molecule has 1 amide bonds. The first kappa shape index (κ1) is 15.4. The smallest absolute Gasteiger partial charge is 0.230 e. The van der Waals surface area contributed by atoms with Gasteiger partial charge in [0, 0.05) is 10.9 Å². The summed E-state index contributed by atoms with van der Waals surface area (Å²) < 4.78 is 0. The van der Waals surface area contributed by atoms with E-state index in [-0.39, 0.29) is 12.3 Å². The number of aromatic nitrogens is 2. The van der Waals surface area contributed by atoms with Crippen LogP contribution < -0.4 is 5.32 Å². The number of hydrogen-bond acceptors (Lipinski definition) is 5. The fourth-order valence-corrected chi connectivity index (χ4v) is 3.57. The molecule has 0 saturated heterocycles. The number of nitrogens with one attached hydrogen (secondary N) is 1. The highest BCUT2D eigenvalue weighted by molar-refractivity contribution is 7.19. The van der Waals surface area contributed by atoms with Crippen molar-refractivity contribution in [2.24, 2.45) is 0 Å². The van der Waals surface area contributed by atoms with Gasteiger partial charge < -0.3 is 5.32 Å². The molecule has 4 nitrogen and oxygen atoms in total. The van der Waals surface area contributed by atoms with Crippen molar-refractivity contribution in [3.05, 3.63) is 50.6 Å². The molecule has 0 spiro atoms. The SMILES string of the molecule is O=C(Cc1ccc(Cl)c(Cl)c1)Nc1nnc(-c2ccsc2)s1. The van der Waals surface area contributed by atoms with Crippen LogP contribution in [0.25, 0.3) is 10.6 Å². The van der Waals surface area contributed by atoms with E-state index in [1.807, 2.05) is 16.8 Å². The standard InChI is InChI=1S/C14H9Cl2N3OS2/c15-10-2-1-8(5-11(10)16)6-12(20)17-14-19-18-13(22-14)9-3-4-21-7-9/h1-5,7H,6H2,(H,17,19,20). The number of carbonyl (C=O) groups is 1. The molecule has 1 N–H and O–H groups in total. The van der Waals surface area contributed by atoms with Gasteiger partial charge in [0.25, 0.3) is 0 Å². The number of rotatable bonds is 4. The van der Waals surface area contributed by atoms with Crippen molar-refractivity contribution in [3.63, 3.8) is 0 Å². The Hall–Kier alpha value is -1.47. The van der Waals surface area contributed by atoms with Crippen molar-refractivity contribution in [1.82, 2.24) is 10.2 Å². The van der Waals surface area contributed by atoms with Crippen molar-refractivity contribution in [1.29, 1.82) is 0 Å². The lowest BCUT2D eigenvalue weighted by molar-refractivity contribution is -0.115. The maximum atomic E-state index is 12.0. The van der Waals surface area contributed by atoms with E-state index in [1.54, 1.807) is 29.5 Å². The van der Waals surface area contributed by atoms with Crippen molar-refractivity contribution in [2.45, 2.75) is 6.42 Å². The highest BCUT2D eigenvalue weighted by Crippen LogP contribution is 2.28. The van der Waals surface area contributed by atoms with Gasteiger partial charge in [0.1, 0.15) is 5.01 Å². The monoisotopic (exact) mass is 369 g/mol. The summed E-state index contributed by atoms with van der Waals surface area (Å²) >= 11 is 14.7. The summed E-state index contributed by atoms with van der Waals surface area (Å²) in [6.07, 6.45) is 0.199. The second-order valence-electron chi connectivity index (χ2n) is 4.40. The van der Waals surface area contributed by atoms with E-state index in [4.69, 9.17) is 23.2 Å². The quantitative estimate of drug-likeness (QED) is 0.721. The van der Waals surface area contributed by atoms with Crippen LogP contribution in [0.15, 0.2) is 35.0 Å². The Kier molecular flexibility index (Phi) is 4.73. The predicted octanol–water partition coefficient (Wildman–Crippen LogP) is 4.75. The van der Waals surface area contributed by atoms with Crippen molar-refractivity contribution in [3.8, 4) is 10.6 Å². The normalized spacial score (nSPS) is 10.6. The van der Waals surface area contributed by atoms with Gasteiger partial charge in [0.2, 0.25) is 11.0 Å².